The SMILES string of the molecule is O=C(O)C1=CN=C2C=CC([N+](=O)[O-])=CN2[C@@H]1O. The van der Waals surface area contributed by atoms with Crippen molar-refractivity contribution in [2.24, 2.45) is 4.99 Å². The second-order valence-electron chi connectivity index (χ2n) is 3.30. The minimum absolute atomic E-state index is 0.244. The monoisotopic (exact) mass is 237 g/mol. The van der Waals surface area contributed by atoms with Crippen LogP contribution in [0.5, 0.6) is 0 Å². The Labute approximate surface area is 94.6 Å². The summed E-state index contributed by atoms with van der Waals surface area (Å²) >= 11 is 0. The number of hydrogen-bond acceptors (Lipinski definition) is 6. The van der Waals surface area contributed by atoms with Crippen LogP contribution >= 0.6 is 0 Å². The molecule has 2 N–H and O–H groups in total. The van der Waals surface area contributed by atoms with Crippen molar-refractivity contribution in [2.75, 3.05) is 0 Å². The number of carboxylic acid groups (broad SMARTS) is 1. The molecule has 0 fully saturated rings. The molecule has 0 aromatic heterocycles. The van der Waals surface area contributed by atoms with Crippen LogP contribution in [0.4, 0.5) is 0 Å². The number of aliphatic hydroxyl groups is 1. The number of aliphatic carboxylic acids is 1. The van der Waals surface area contributed by atoms with Crippen LogP contribution in [0.1, 0.15) is 0 Å². The van der Waals surface area contributed by atoms with Crippen molar-refractivity contribution >= 4 is 11.8 Å². The Morgan fingerprint density at radius 3 is 2.82 bits per heavy atom. The van der Waals surface area contributed by atoms with E-state index in [1.165, 1.54) is 12.2 Å². The number of amidine groups is 1. The molecular formula is C9H7N3O5. The first-order valence-electron chi connectivity index (χ1n) is 4.52. The molecule has 8 nitrogen and oxygen atoms in total. The van der Waals surface area contributed by atoms with Gasteiger partial charge in [-0.1, -0.05) is 0 Å². The first-order valence-corrected chi connectivity index (χ1v) is 4.52. The molecule has 0 spiro atoms. The number of fused-ring (bicyclic) bond motifs is 1. The molecule has 0 aliphatic carbocycles. The van der Waals surface area contributed by atoms with Crippen molar-refractivity contribution in [2.45, 2.75) is 6.23 Å². The van der Waals surface area contributed by atoms with E-state index in [-0.39, 0.29) is 17.1 Å². The Kier molecular flexibility index (Phi) is 2.48. The van der Waals surface area contributed by atoms with E-state index in [1.54, 1.807) is 0 Å². The van der Waals surface area contributed by atoms with Crippen LogP contribution in [0.2, 0.25) is 0 Å². The van der Waals surface area contributed by atoms with Gasteiger partial charge in [-0.2, -0.15) is 0 Å². The lowest BCUT2D eigenvalue weighted by Crippen LogP contribution is -2.42. The Bertz CT molecular complexity index is 517. The number of aliphatic hydroxyl groups excluding tert-OH is 1. The van der Waals surface area contributed by atoms with Gasteiger partial charge in [0.1, 0.15) is 11.4 Å². The van der Waals surface area contributed by atoms with E-state index < -0.39 is 17.1 Å². The smallest absolute Gasteiger partial charge is 0.337 e. The van der Waals surface area contributed by atoms with Gasteiger partial charge in [0.2, 0.25) is 0 Å². The van der Waals surface area contributed by atoms with Crippen molar-refractivity contribution in [1.29, 1.82) is 0 Å². The van der Waals surface area contributed by atoms with Gasteiger partial charge < -0.3 is 10.2 Å². The van der Waals surface area contributed by atoms with E-state index in [2.05, 4.69) is 4.99 Å². The molecule has 0 radical (unpaired) electrons. The fourth-order valence-corrected chi connectivity index (χ4v) is 1.43. The Morgan fingerprint density at radius 1 is 1.53 bits per heavy atom. The van der Waals surface area contributed by atoms with Gasteiger partial charge in [-0.05, 0) is 6.08 Å². The summed E-state index contributed by atoms with van der Waals surface area (Å²) in [5.41, 5.74) is -0.599. The molecular weight excluding hydrogens is 230 g/mol. The maximum Gasteiger partial charge on any atom is 0.337 e. The zero-order valence-corrected chi connectivity index (χ0v) is 8.35. The summed E-state index contributed by atoms with van der Waals surface area (Å²) in [6.07, 6.45) is 3.13. The summed E-state index contributed by atoms with van der Waals surface area (Å²) < 4.78 is 0. The molecule has 0 bridgehead atoms. The molecule has 0 aromatic carbocycles. The van der Waals surface area contributed by atoms with E-state index in [1.807, 2.05) is 0 Å². The topological polar surface area (TPSA) is 116 Å². The maximum atomic E-state index is 10.8. The Balaban J connectivity index is 2.39. The van der Waals surface area contributed by atoms with Gasteiger partial charge in [0.25, 0.3) is 5.70 Å². The minimum Gasteiger partial charge on any atom is -0.478 e. The summed E-state index contributed by atoms with van der Waals surface area (Å²) in [5, 5.41) is 29.1. The maximum absolute atomic E-state index is 10.8. The summed E-state index contributed by atoms with van der Waals surface area (Å²) in [6.45, 7) is 0. The molecule has 88 valence electrons. The highest BCUT2D eigenvalue weighted by Gasteiger charge is 2.31. The van der Waals surface area contributed by atoms with E-state index in [0.717, 1.165) is 17.3 Å². The number of aliphatic imine (C=N–C) groups is 1. The molecule has 2 aliphatic rings. The van der Waals surface area contributed by atoms with Gasteiger partial charge in [-0.25, -0.2) is 9.79 Å². The number of nitro groups is 1. The molecule has 8 heteroatoms. The number of hydrogen-bond donors (Lipinski definition) is 2. The largest absolute Gasteiger partial charge is 0.478 e. The van der Waals surface area contributed by atoms with E-state index in [9.17, 15) is 20.0 Å². The highest BCUT2D eigenvalue weighted by atomic mass is 16.6. The quantitative estimate of drug-likeness (QED) is 0.502. The molecule has 0 saturated carbocycles. The summed E-state index contributed by atoms with van der Waals surface area (Å²) in [4.78, 5) is 25.5. The van der Waals surface area contributed by atoms with Crippen molar-refractivity contribution in [1.82, 2.24) is 4.90 Å². The minimum atomic E-state index is -1.49. The molecule has 2 aliphatic heterocycles. The van der Waals surface area contributed by atoms with Gasteiger partial charge in [-0.3, -0.25) is 15.0 Å². The molecule has 0 unspecified atom stereocenters. The molecule has 2 heterocycles. The fourth-order valence-electron chi connectivity index (χ4n) is 1.43. The number of carboxylic acids is 1. The average molecular weight is 237 g/mol. The van der Waals surface area contributed by atoms with Crippen LogP contribution in [-0.2, 0) is 4.79 Å². The van der Waals surface area contributed by atoms with E-state index in [4.69, 9.17) is 5.11 Å². The first kappa shape index (κ1) is 11.0. The van der Waals surface area contributed by atoms with E-state index in [0.29, 0.717) is 0 Å². The van der Waals surface area contributed by atoms with Gasteiger partial charge in [-0.15, -0.1) is 0 Å². The Morgan fingerprint density at radius 2 is 2.24 bits per heavy atom. The third kappa shape index (κ3) is 1.81. The lowest BCUT2D eigenvalue weighted by Gasteiger charge is -2.29. The third-order valence-electron chi connectivity index (χ3n) is 2.27. The van der Waals surface area contributed by atoms with Crippen LogP contribution in [-0.4, -0.2) is 38.1 Å². The van der Waals surface area contributed by atoms with E-state index >= 15 is 0 Å². The molecule has 0 amide bonds. The lowest BCUT2D eigenvalue weighted by molar-refractivity contribution is -0.420. The molecule has 0 aromatic rings. The van der Waals surface area contributed by atoms with Crippen molar-refractivity contribution in [3.63, 3.8) is 0 Å². The number of carbonyl (C=O) groups is 1. The molecule has 2 rings (SSSR count). The van der Waals surface area contributed by atoms with Crippen LogP contribution in [0, 0.1) is 10.1 Å². The van der Waals surface area contributed by atoms with Crippen molar-refractivity contribution in [3.8, 4) is 0 Å². The lowest BCUT2D eigenvalue weighted by atomic mass is 10.1. The zero-order chi connectivity index (χ0) is 12.6. The van der Waals surface area contributed by atoms with Gasteiger partial charge >= 0.3 is 5.97 Å². The second-order valence-corrected chi connectivity index (χ2v) is 3.30. The number of nitrogens with zero attached hydrogens (tertiary/aromatic N) is 3. The second kappa shape index (κ2) is 3.83. The van der Waals surface area contributed by atoms with Crippen molar-refractivity contribution in [3.05, 3.63) is 45.9 Å². The first-order chi connectivity index (χ1) is 8.00. The van der Waals surface area contributed by atoms with Gasteiger partial charge in [0, 0.05) is 12.3 Å². The normalized spacial score (nSPS) is 22.3. The predicted molar refractivity (Wildman–Crippen MR) is 55.2 cm³/mol. The van der Waals surface area contributed by atoms with Gasteiger partial charge in [0.15, 0.2) is 6.23 Å². The number of rotatable bonds is 2. The summed E-state index contributed by atoms with van der Waals surface area (Å²) in [7, 11) is 0. The highest BCUT2D eigenvalue weighted by Crippen LogP contribution is 2.21. The molecule has 0 saturated heterocycles. The zero-order valence-electron chi connectivity index (χ0n) is 8.35. The van der Waals surface area contributed by atoms with Crippen LogP contribution in [0.25, 0.3) is 0 Å². The predicted octanol–water partition coefficient (Wildman–Crippen LogP) is -0.325. The Hall–Kier alpha value is -2.48. The summed E-state index contributed by atoms with van der Waals surface area (Å²) in [6, 6.07) is 0. The van der Waals surface area contributed by atoms with Crippen LogP contribution in [0.3, 0.4) is 0 Å². The molecule has 17 heavy (non-hydrogen) atoms. The van der Waals surface area contributed by atoms with Crippen molar-refractivity contribution < 1.29 is 19.9 Å². The third-order valence-corrected chi connectivity index (χ3v) is 2.27. The standard InChI is InChI=1S/C9H7N3O5/c13-8-6(9(14)15)3-10-7-2-1-5(12(16)17)4-11(7)8/h1-4,8,13H,(H,14,15)/t8-/m1/s1. The van der Waals surface area contributed by atoms with Crippen LogP contribution < -0.4 is 0 Å². The highest BCUT2D eigenvalue weighted by molar-refractivity contribution is 5.99. The number of allylic oxidation sites excluding steroid dienone is 1. The van der Waals surface area contributed by atoms with Gasteiger partial charge in [0.05, 0.1) is 11.1 Å². The average Bonchev–Trinajstić information content (AvgIpc) is 2.28. The van der Waals surface area contributed by atoms with Crippen LogP contribution in [0.15, 0.2) is 40.8 Å². The fraction of sp³-hybridized carbons (Fsp3) is 0.111. The summed E-state index contributed by atoms with van der Waals surface area (Å²) in [5.74, 6) is -1.08. The molecule has 1 atom stereocenters.